The Balaban J connectivity index is 0.00000274. The molecule has 12 heteroatoms. The molecule has 198 valence electrons. The predicted octanol–water partition coefficient (Wildman–Crippen LogP) is 0.0588. The lowest BCUT2D eigenvalue weighted by atomic mass is 10.1. The molecule has 1 aliphatic rings. The third-order valence-corrected chi connectivity index (χ3v) is 6.46. The van der Waals surface area contributed by atoms with E-state index in [1.807, 2.05) is 13.0 Å². The number of nitrogens with zero attached hydrogens (tertiary/aromatic N) is 1. The molecule has 0 unspecified atom stereocenters. The first-order chi connectivity index (χ1) is 16.7. The zero-order valence-corrected chi connectivity index (χ0v) is 21.5. The van der Waals surface area contributed by atoms with Crippen LogP contribution in [0.25, 0.3) is 0 Å². The lowest BCUT2D eigenvalue weighted by Gasteiger charge is -2.25. The van der Waals surface area contributed by atoms with Crippen molar-refractivity contribution in [2.45, 2.75) is 56.9 Å². The summed E-state index contributed by atoms with van der Waals surface area (Å²) >= 11 is 0. The smallest absolute Gasteiger partial charge is 0.241 e. The number of aryl methyl sites for hydroxylation is 1. The van der Waals surface area contributed by atoms with E-state index in [2.05, 4.69) is 22.5 Å². The first-order valence-electron chi connectivity index (χ1n) is 11.5. The Morgan fingerprint density at radius 1 is 1.31 bits per heavy atom. The zero-order chi connectivity index (χ0) is 26.9. The van der Waals surface area contributed by atoms with Crippen molar-refractivity contribution >= 4 is 34.8 Å². The third kappa shape index (κ3) is 12.6. The van der Waals surface area contributed by atoms with Gasteiger partial charge in [0.2, 0.25) is 21.8 Å². The minimum Gasteiger partial charge on any atom is -0.345 e. The van der Waals surface area contributed by atoms with Gasteiger partial charge in [-0.1, -0.05) is 29.8 Å². The van der Waals surface area contributed by atoms with Crippen LogP contribution < -0.4 is 21.5 Å². The minimum atomic E-state index is -3.74. The molecule has 0 aromatic heterocycles. The van der Waals surface area contributed by atoms with Gasteiger partial charge in [0.15, 0.2) is 0 Å². The van der Waals surface area contributed by atoms with Gasteiger partial charge in [-0.05, 0) is 64.9 Å². The number of aldehydes is 1. The van der Waals surface area contributed by atoms with Crippen LogP contribution in [-0.2, 0) is 30.2 Å². The number of carbonyl (C=O) groups excluding carboxylic acids is 3. The van der Waals surface area contributed by atoms with Crippen LogP contribution in [0, 0.1) is 12.3 Å². The molecular weight excluding hydrogens is 472 g/mol. The van der Waals surface area contributed by atoms with Crippen molar-refractivity contribution < 1.29 is 22.8 Å². The highest BCUT2D eigenvalue weighted by molar-refractivity contribution is 7.88. The SMILES string of the molecule is C=N.CN.Cc1cccc(CS(=O)(=O)N[C@H]2CCCCN(CC(=O)N[C@H](C=O)CCCN)C2=O)c1. The lowest BCUT2D eigenvalue weighted by Crippen LogP contribution is -2.51. The van der Waals surface area contributed by atoms with Crippen molar-refractivity contribution in [1.82, 2.24) is 14.9 Å². The highest BCUT2D eigenvalue weighted by atomic mass is 32.2. The molecule has 1 fully saturated rings. The Morgan fingerprint density at radius 3 is 2.60 bits per heavy atom. The Bertz CT molecular complexity index is 896. The van der Waals surface area contributed by atoms with E-state index in [1.165, 1.54) is 11.9 Å². The van der Waals surface area contributed by atoms with E-state index in [0.717, 1.165) is 5.56 Å². The molecule has 35 heavy (non-hydrogen) atoms. The molecular formula is C23H40N6O5S. The molecule has 1 heterocycles. The molecule has 1 aliphatic heterocycles. The van der Waals surface area contributed by atoms with Gasteiger partial charge in [0, 0.05) is 6.54 Å². The maximum Gasteiger partial charge on any atom is 0.241 e. The second kappa shape index (κ2) is 17.7. The maximum atomic E-state index is 12.9. The fourth-order valence-corrected chi connectivity index (χ4v) is 4.94. The van der Waals surface area contributed by atoms with Gasteiger partial charge >= 0.3 is 0 Å². The molecule has 2 atom stereocenters. The van der Waals surface area contributed by atoms with Crippen LogP contribution >= 0.6 is 0 Å². The molecule has 11 nitrogen and oxygen atoms in total. The first-order valence-corrected chi connectivity index (χ1v) is 13.1. The fraction of sp³-hybridized carbons (Fsp3) is 0.565. The Hall–Kier alpha value is -2.67. The molecule has 7 N–H and O–H groups in total. The molecule has 1 saturated heterocycles. The summed E-state index contributed by atoms with van der Waals surface area (Å²) < 4.78 is 27.8. The van der Waals surface area contributed by atoms with Crippen LogP contribution in [0.15, 0.2) is 24.3 Å². The van der Waals surface area contributed by atoms with Gasteiger partial charge in [-0.3, -0.25) is 9.59 Å². The average molecular weight is 513 g/mol. The third-order valence-electron chi connectivity index (χ3n) is 5.11. The number of nitrogens with two attached hydrogens (primary N) is 2. The van der Waals surface area contributed by atoms with Gasteiger partial charge in [-0.25, -0.2) is 13.1 Å². The van der Waals surface area contributed by atoms with E-state index in [1.54, 1.807) is 18.2 Å². The van der Waals surface area contributed by atoms with Crippen molar-refractivity contribution in [3.05, 3.63) is 35.4 Å². The zero-order valence-electron chi connectivity index (χ0n) is 20.7. The molecule has 0 spiro atoms. The molecule has 2 amide bonds. The first kappa shape index (κ1) is 32.3. The van der Waals surface area contributed by atoms with Crippen LogP contribution in [-0.4, -0.2) is 76.9 Å². The summed E-state index contributed by atoms with van der Waals surface area (Å²) in [5, 5.41) is 8.10. The Kier molecular flexibility index (Phi) is 16.4. The van der Waals surface area contributed by atoms with Gasteiger partial charge in [-0.2, -0.15) is 0 Å². The topological polar surface area (TPSA) is 189 Å². The van der Waals surface area contributed by atoms with Gasteiger partial charge < -0.3 is 31.9 Å². The van der Waals surface area contributed by atoms with E-state index in [-0.39, 0.29) is 12.3 Å². The second-order valence-electron chi connectivity index (χ2n) is 7.92. The molecule has 1 aromatic carbocycles. The molecule has 2 rings (SSSR count). The summed E-state index contributed by atoms with van der Waals surface area (Å²) in [5.74, 6) is -1.10. The molecule has 0 bridgehead atoms. The largest absolute Gasteiger partial charge is 0.345 e. The Labute approximate surface area is 208 Å². The van der Waals surface area contributed by atoms with Crippen molar-refractivity contribution in [3.63, 3.8) is 0 Å². The van der Waals surface area contributed by atoms with Crippen LogP contribution in [0.5, 0.6) is 0 Å². The number of hydrogen-bond donors (Lipinski definition) is 5. The van der Waals surface area contributed by atoms with Crippen molar-refractivity contribution in [1.29, 1.82) is 5.41 Å². The van der Waals surface area contributed by atoms with E-state index < -0.39 is 33.9 Å². The number of amides is 2. The summed E-state index contributed by atoms with van der Waals surface area (Å²) in [6.07, 6.45) is 3.38. The number of sulfonamides is 1. The fourth-order valence-electron chi connectivity index (χ4n) is 3.59. The maximum absolute atomic E-state index is 12.9. The number of carbonyl (C=O) groups is 3. The average Bonchev–Trinajstić information content (AvgIpc) is 3.00. The second-order valence-corrected chi connectivity index (χ2v) is 9.67. The van der Waals surface area contributed by atoms with Crippen molar-refractivity contribution in [2.24, 2.45) is 11.5 Å². The highest BCUT2D eigenvalue weighted by Crippen LogP contribution is 2.15. The lowest BCUT2D eigenvalue weighted by molar-refractivity contribution is -0.137. The summed E-state index contributed by atoms with van der Waals surface area (Å²) in [6, 6.07) is 5.63. The summed E-state index contributed by atoms with van der Waals surface area (Å²) in [5.41, 5.74) is 11.5. The summed E-state index contributed by atoms with van der Waals surface area (Å²) in [7, 11) is -2.24. The van der Waals surface area contributed by atoms with Crippen LogP contribution in [0.4, 0.5) is 0 Å². The number of nitrogens with one attached hydrogen (secondary N) is 3. The number of rotatable bonds is 11. The van der Waals surface area contributed by atoms with Gasteiger partial charge in [0.05, 0.1) is 18.3 Å². The van der Waals surface area contributed by atoms with E-state index >= 15 is 0 Å². The monoisotopic (exact) mass is 512 g/mol. The van der Waals surface area contributed by atoms with E-state index in [4.69, 9.17) is 11.1 Å². The number of benzene rings is 1. The Morgan fingerprint density at radius 2 is 2.00 bits per heavy atom. The van der Waals surface area contributed by atoms with Gasteiger partial charge in [0.25, 0.3) is 0 Å². The standard InChI is InChI=1S/C21H32N4O5S.CH5N.CH3N/c1-16-6-4-7-17(12-16)15-31(29,30)24-19-9-2-3-11-25(21(19)28)13-20(27)23-18(14-26)8-5-10-22;2*1-2/h4,6-7,12,14,18-19,24H,2-3,5,8-11,13,15,22H2,1H3,(H,23,27);2H2,1H3;2H,1H2/t18-,19-;;/m0../s1. The van der Waals surface area contributed by atoms with Crippen LogP contribution in [0.2, 0.25) is 0 Å². The van der Waals surface area contributed by atoms with Crippen LogP contribution in [0.3, 0.4) is 0 Å². The van der Waals surface area contributed by atoms with Gasteiger partial charge in [0.1, 0.15) is 12.3 Å². The van der Waals surface area contributed by atoms with E-state index in [0.29, 0.717) is 57.0 Å². The molecule has 0 saturated carbocycles. The minimum absolute atomic E-state index is 0.220. The van der Waals surface area contributed by atoms with E-state index in [9.17, 15) is 22.8 Å². The van der Waals surface area contributed by atoms with Gasteiger partial charge in [-0.15, -0.1) is 0 Å². The summed E-state index contributed by atoms with van der Waals surface area (Å²) in [6.45, 7) is 4.93. The van der Waals surface area contributed by atoms with Crippen LogP contribution in [0.1, 0.15) is 43.2 Å². The van der Waals surface area contributed by atoms with Crippen molar-refractivity contribution in [2.75, 3.05) is 26.7 Å². The normalized spacial score (nSPS) is 16.5. The van der Waals surface area contributed by atoms with Crippen molar-refractivity contribution in [3.8, 4) is 0 Å². The predicted molar refractivity (Wildman–Crippen MR) is 137 cm³/mol. The number of hydrogen-bond acceptors (Lipinski definition) is 8. The summed E-state index contributed by atoms with van der Waals surface area (Å²) in [4.78, 5) is 37.7. The molecule has 0 aliphatic carbocycles. The quantitative estimate of drug-likeness (QED) is 0.205. The number of likely N-dealkylation sites (tertiary alicyclic amines) is 1. The highest BCUT2D eigenvalue weighted by Gasteiger charge is 2.31. The molecule has 0 radical (unpaired) electrons. The molecule has 1 aromatic rings.